The number of hydrogen-bond acceptors (Lipinski definition) is 2. The Labute approximate surface area is 51.0 Å². The number of hydrogen-bond donors (Lipinski definition) is 0. The van der Waals surface area contributed by atoms with Crippen molar-refractivity contribution >= 4 is 17.4 Å². The fourth-order valence-corrected chi connectivity index (χ4v) is 1.46. The summed E-state index contributed by atoms with van der Waals surface area (Å²) in [5.74, 6) is 0. The van der Waals surface area contributed by atoms with Gasteiger partial charge in [-0.05, 0) is 6.07 Å². The van der Waals surface area contributed by atoms with Crippen LogP contribution >= 0.6 is 11.3 Å². The Morgan fingerprint density at radius 2 is 2.75 bits per heavy atom. The molecule has 0 amide bonds. The van der Waals surface area contributed by atoms with Crippen LogP contribution in [0.25, 0.3) is 6.08 Å². The summed E-state index contributed by atoms with van der Waals surface area (Å²) in [6.45, 7) is 0.871. The molecule has 1 aromatic heterocycles. The highest BCUT2D eigenvalue weighted by molar-refractivity contribution is 7.06. The van der Waals surface area contributed by atoms with Gasteiger partial charge in [0, 0.05) is 10.6 Å². The van der Waals surface area contributed by atoms with Gasteiger partial charge in [0.2, 0.25) is 0 Å². The van der Waals surface area contributed by atoms with Gasteiger partial charge in [0.1, 0.15) is 4.67 Å². The second-order valence-electron chi connectivity index (χ2n) is 1.67. The van der Waals surface area contributed by atoms with E-state index >= 15 is 0 Å². The van der Waals surface area contributed by atoms with Crippen molar-refractivity contribution in [2.75, 3.05) is 6.54 Å². The third-order valence-electron chi connectivity index (χ3n) is 1.16. The lowest BCUT2D eigenvalue weighted by Crippen LogP contribution is -2.12. The van der Waals surface area contributed by atoms with Gasteiger partial charge in [-0.2, -0.15) is 0 Å². The molecular formula is C6H4NS. The molecule has 1 aliphatic heterocycles. The van der Waals surface area contributed by atoms with E-state index in [2.05, 4.69) is 16.4 Å². The van der Waals surface area contributed by atoms with Crippen LogP contribution in [-0.2, 0) is 0 Å². The zero-order valence-corrected chi connectivity index (χ0v) is 5.03. The summed E-state index contributed by atoms with van der Waals surface area (Å²) < 4.78 is 1.14. The zero-order chi connectivity index (χ0) is 5.40. The molecule has 1 nitrogen and oxygen atoms in total. The lowest BCUT2D eigenvalue weighted by Gasteiger charge is -1.65. The van der Waals surface area contributed by atoms with Crippen LogP contribution in [0.3, 0.4) is 0 Å². The van der Waals surface area contributed by atoms with Gasteiger partial charge < -0.3 is 0 Å². The Kier molecular flexibility index (Phi) is 0.758. The minimum atomic E-state index is 0.871. The Bertz CT molecular complexity index is 268. The Balaban J connectivity index is 3.08. The average Bonchev–Trinajstić information content (AvgIpc) is 2.15. The maximum absolute atomic E-state index is 4.19. The second kappa shape index (κ2) is 1.42. The number of nitrogens with zero attached hydrogens (tertiary/aromatic N) is 1. The van der Waals surface area contributed by atoms with Gasteiger partial charge in [0.25, 0.3) is 0 Å². The Morgan fingerprint density at radius 1 is 1.75 bits per heavy atom. The first-order chi connectivity index (χ1) is 3.97. The van der Waals surface area contributed by atoms with Crippen LogP contribution < -0.4 is 9.89 Å². The SMILES string of the molecule is [c]1cc2c(s1)=NCC=2. The molecule has 0 spiro atoms. The normalized spacial score (nSPS) is 14.5. The average molecular weight is 122 g/mol. The van der Waals surface area contributed by atoms with E-state index in [0.29, 0.717) is 0 Å². The van der Waals surface area contributed by atoms with Crippen molar-refractivity contribution in [1.29, 1.82) is 0 Å². The molecule has 0 aliphatic carbocycles. The van der Waals surface area contributed by atoms with Gasteiger partial charge in [0.15, 0.2) is 0 Å². The summed E-state index contributed by atoms with van der Waals surface area (Å²) >= 11 is 1.59. The van der Waals surface area contributed by atoms with E-state index in [1.165, 1.54) is 5.22 Å². The monoisotopic (exact) mass is 122 g/mol. The molecule has 1 aliphatic rings. The third kappa shape index (κ3) is 0.434. The summed E-state index contributed by atoms with van der Waals surface area (Å²) in [4.78, 5) is 4.19. The van der Waals surface area contributed by atoms with Crippen LogP contribution in [0, 0.1) is 5.38 Å². The summed E-state index contributed by atoms with van der Waals surface area (Å²) in [6, 6.07) is 1.98. The summed E-state index contributed by atoms with van der Waals surface area (Å²) in [6.07, 6.45) is 2.11. The number of rotatable bonds is 0. The van der Waals surface area contributed by atoms with Crippen LogP contribution in [0.15, 0.2) is 11.1 Å². The van der Waals surface area contributed by atoms with Crippen LogP contribution in [0.2, 0.25) is 0 Å². The molecule has 0 N–H and O–H groups in total. The molecule has 2 rings (SSSR count). The summed E-state index contributed by atoms with van der Waals surface area (Å²) in [5.41, 5.74) is 0. The van der Waals surface area contributed by atoms with Gasteiger partial charge in [-0.3, -0.25) is 4.99 Å². The van der Waals surface area contributed by atoms with Crippen molar-refractivity contribution in [3.8, 4) is 0 Å². The van der Waals surface area contributed by atoms with Crippen molar-refractivity contribution in [3.63, 3.8) is 0 Å². The van der Waals surface area contributed by atoms with Crippen molar-refractivity contribution in [2.45, 2.75) is 0 Å². The fraction of sp³-hybridized carbons (Fsp3) is 0.167. The highest BCUT2D eigenvalue weighted by Crippen LogP contribution is 1.84. The molecule has 0 saturated heterocycles. The number of fused-ring (bicyclic) bond motifs is 1. The Hall–Kier alpha value is -0.630. The molecule has 39 valence electrons. The molecule has 0 aromatic carbocycles. The quantitative estimate of drug-likeness (QED) is 0.458. The lowest BCUT2D eigenvalue weighted by atomic mass is 10.4. The highest BCUT2D eigenvalue weighted by atomic mass is 32.1. The lowest BCUT2D eigenvalue weighted by molar-refractivity contribution is 1.26. The molecule has 1 radical (unpaired) electrons. The van der Waals surface area contributed by atoms with E-state index in [4.69, 9.17) is 0 Å². The highest BCUT2D eigenvalue weighted by Gasteiger charge is 1.92. The third-order valence-corrected chi connectivity index (χ3v) is 1.96. The molecule has 2 heterocycles. The van der Waals surface area contributed by atoms with Crippen molar-refractivity contribution in [3.05, 3.63) is 21.3 Å². The summed E-state index contributed by atoms with van der Waals surface area (Å²) in [5, 5.41) is 4.28. The predicted molar refractivity (Wildman–Crippen MR) is 33.3 cm³/mol. The summed E-state index contributed by atoms with van der Waals surface area (Å²) in [7, 11) is 0. The first kappa shape index (κ1) is 4.27. The van der Waals surface area contributed by atoms with Gasteiger partial charge >= 0.3 is 0 Å². The van der Waals surface area contributed by atoms with E-state index in [-0.39, 0.29) is 0 Å². The first-order valence-electron chi connectivity index (χ1n) is 2.47. The maximum Gasteiger partial charge on any atom is 0.118 e. The minimum Gasteiger partial charge on any atom is -0.270 e. The van der Waals surface area contributed by atoms with Crippen LogP contribution in [-0.4, -0.2) is 6.54 Å². The molecule has 0 fully saturated rings. The molecular weight excluding hydrogens is 118 g/mol. The van der Waals surface area contributed by atoms with Crippen molar-refractivity contribution in [1.82, 2.24) is 0 Å². The zero-order valence-electron chi connectivity index (χ0n) is 4.22. The van der Waals surface area contributed by atoms with E-state index in [1.54, 1.807) is 11.3 Å². The van der Waals surface area contributed by atoms with Gasteiger partial charge in [0.05, 0.1) is 6.54 Å². The predicted octanol–water partition coefficient (Wildman–Crippen LogP) is -0.0380. The maximum atomic E-state index is 4.19. The first-order valence-corrected chi connectivity index (χ1v) is 3.29. The molecule has 0 atom stereocenters. The van der Waals surface area contributed by atoms with E-state index in [9.17, 15) is 0 Å². The molecule has 2 heteroatoms. The smallest absolute Gasteiger partial charge is 0.118 e. The molecule has 0 saturated carbocycles. The van der Waals surface area contributed by atoms with Crippen molar-refractivity contribution < 1.29 is 0 Å². The standard InChI is InChI=1S/C6H4NS/c1-3-7-6-5(1)2-4-8-6/h1-2H,3H2. The van der Waals surface area contributed by atoms with E-state index in [0.717, 1.165) is 11.2 Å². The van der Waals surface area contributed by atoms with Crippen LogP contribution in [0.5, 0.6) is 0 Å². The fourth-order valence-electron chi connectivity index (χ4n) is 0.766. The van der Waals surface area contributed by atoms with Gasteiger partial charge in [-0.15, -0.1) is 11.3 Å². The van der Waals surface area contributed by atoms with Gasteiger partial charge in [-0.25, -0.2) is 0 Å². The second-order valence-corrected chi connectivity index (χ2v) is 2.50. The van der Waals surface area contributed by atoms with Gasteiger partial charge in [-0.1, -0.05) is 6.08 Å². The number of thiophene rings is 1. The minimum absolute atomic E-state index is 0.871. The Morgan fingerprint density at radius 3 is 3.62 bits per heavy atom. The molecule has 0 bridgehead atoms. The van der Waals surface area contributed by atoms with E-state index < -0.39 is 0 Å². The largest absolute Gasteiger partial charge is 0.270 e. The molecule has 8 heavy (non-hydrogen) atoms. The van der Waals surface area contributed by atoms with E-state index in [1.807, 2.05) is 6.07 Å². The molecule has 0 unspecified atom stereocenters. The van der Waals surface area contributed by atoms with Crippen LogP contribution in [0.1, 0.15) is 0 Å². The topological polar surface area (TPSA) is 12.4 Å². The van der Waals surface area contributed by atoms with Crippen molar-refractivity contribution in [2.24, 2.45) is 4.99 Å². The molecule has 1 aromatic rings. The van der Waals surface area contributed by atoms with Crippen LogP contribution in [0.4, 0.5) is 0 Å².